The Balaban J connectivity index is 1.79. The molecule has 128 valence electrons. The maximum absolute atomic E-state index is 10.4. The molecule has 0 bridgehead atoms. The molecule has 0 saturated heterocycles. The van der Waals surface area contributed by atoms with Gasteiger partial charge in [0.1, 0.15) is 11.8 Å². The van der Waals surface area contributed by atoms with E-state index in [1.54, 1.807) is 30.5 Å². The van der Waals surface area contributed by atoms with Crippen molar-refractivity contribution in [3.8, 4) is 35.5 Å². The molecule has 0 spiro atoms. The van der Waals surface area contributed by atoms with Crippen LogP contribution in [0.1, 0.15) is 28.5 Å². The van der Waals surface area contributed by atoms with E-state index in [9.17, 15) is 5.11 Å². The highest BCUT2D eigenvalue weighted by molar-refractivity contribution is 6.30. The molecule has 1 N–H and O–H groups in total. The molecule has 27 heavy (non-hydrogen) atoms. The fraction of sp³-hybridized carbons (Fsp3) is 0.0417. The van der Waals surface area contributed by atoms with Gasteiger partial charge in [-0.05, 0) is 60.2 Å². The summed E-state index contributed by atoms with van der Waals surface area (Å²) in [6.45, 7) is 0. The van der Waals surface area contributed by atoms with Crippen molar-refractivity contribution in [2.45, 2.75) is 6.10 Å². The van der Waals surface area contributed by atoms with Crippen LogP contribution < -0.4 is 0 Å². The topological polar surface area (TPSA) is 33.1 Å². The monoisotopic (exact) mass is 367 g/mol. The standard InChI is InChI=1S/C24H14ClNO/c25-21-15-12-20(13-16-21)14-17-23-22(10-6-18-26-23)24(27)11-5-4-9-19-7-2-1-3-8-19/h1-3,6-8,10,12-13,15-16,18,24,27H. The average Bonchev–Trinajstić information content (AvgIpc) is 2.71. The maximum atomic E-state index is 10.4. The van der Waals surface area contributed by atoms with Crippen LogP contribution in [0.4, 0.5) is 0 Å². The number of hydrogen-bond acceptors (Lipinski definition) is 2. The van der Waals surface area contributed by atoms with Crippen molar-refractivity contribution in [3.05, 3.63) is 100 Å². The number of aliphatic hydroxyl groups is 1. The lowest BCUT2D eigenvalue weighted by Crippen LogP contribution is -1.99. The minimum Gasteiger partial charge on any atom is -0.376 e. The van der Waals surface area contributed by atoms with E-state index in [-0.39, 0.29) is 0 Å². The number of hydrogen-bond donors (Lipinski definition) is 1. The van der Waals surface area contributed by atoms with E-state index in [2.05, 4.69) is 40.5 Å². The van der Waals surface area contributed by atoms with E-state index in [0.717, 1.165) is 11.1 Å². The van der Waals surface area contributed by atoms with Gasteiger partial charge in [0.25, 0.3) is 0 Å². The lowest BCUT2D eigenvalue weighted by Gasteiger charge is -2.04. The average molecular weight is 368 g/mol. The number of aromatic nitrogens is 1. The number of benzene rings is 2. The van der Waals surface area contributed by atoms with Gasteiger partial charge >= 0.3 is 0 Å². The summed E-state index contributed by atoms with van der Waals surface area (Å²) in [6, 6.07) is 20.2. The van der Waals surface area contributed by atoms with Crippen molar-refractivity contribution in [3.63, 3.8) is 0 Å². The molecule has 3 rings (SSSR count). The third-order valence-corrected chi connectivity index (χ3v) is 3.81. The van der Waals surface area contributed by atoms with E-state index >= 15 is 0 Å². The summed E-state index contributed by atoms with van der Waals surface area (Å²) in [5.74, 6) is 17.1. The van der Waals surface area contributed by atoms with Crippen LogP contribution in [0, 0.1) is 35.5 Å². The summed E-state index contributed by atoms with van der Waals surface area (Å²) in [5, 5.41) is 11.0. The van der Waals surface area contributed by atoms with Crippen LogP contribution in [0.2, 0.25) is 5.02 Å². The van der Waals surface area contributed by atoms with E-state index in [1.807, 2.05) is 42.5 Å². The van der Waals surface area contributed by atoms with E-state index in [1.165, 1.54) is 0 Å². The van der Waals surface area contributed by atoms with Crippen LogP contribution in [-0.2, 0) is 0 Å². The van der Waals surface area contributed by atoms with Crippen LogP contribution >= 0.6 is 11.6 Å². The first kappa shape index (κ1) is 18.3. The second-order valence-electron chi connectivity index (χ2n) is 5.49. The van der Waals surface area contributed by atoms with Gasteiger partial charge in [0.05, 0.1) is 0 Å². The number of nitrogens with zero attached hydrogens (tertiary/aromatic N) is 1. The molecule has 0 aliphatic carbocycles. The summed E-state index contributed by atoms with van der Waals surface area (Å²) < 4.78 is 0. The van der Waals surface area contributed by atoms with Gasteiger partial charge in [-0.3, -0.25) is 0 Å². The summed E-state index contributed by atoms with van der Waals surface area (Å²) in [5.41, 5.74) is 2.71. The molecule has 0 fully saturated rings. The van der Waals surface area contributed by atoms with Crippen LogP contribution in [-0.4, -0.2) is 10.1 Å². The Labute approximate surface area is 163 Å². The highest BCUT2D eigenvalue weighted by atomic mass is 35.5. The lowest BCUT2D eigenvalue weighted by molar-refractivity contribution is 0.237. The van der Waals surface area contributed by atoms with Gasteiger partial charge in [-0.2, -0.15) is 0 Å². The molecule has 2 aromatic carbocycles. The fourth-order valence-electron chi connectivity index (χ4n) is 2.21. The Hall–Kier alpha value is -3.48. The summed E-state index contributed by atoms with van der Waals surface area (Å²) in [7, 11) is 0. The molecule has 0 saturated carbocycles. The Kier molecular flexibility index (Phi) is 6.30. The molecular formula is C24H14ClNO. The zero-order chi connectivity index (χ0) is 18.9. The van der Waals surface area contributed by atoms with Crippen molar-refractivity contribution < 1.29 is 5.11 Å². The van der Waals surface area contributed by atoms with E-state index < -0.39 is 6.10 Å². The maximum Gasteiger partial charge on any atom is 0.143 e. The van der Waals surface area contributed by atoms with Crippen LogP contribution in [0.15, 0.2) is 72.9 Å². The van der Waals surface area contributed by atoms with Crippen molar-refractivity contribution in [2.24, 2.45) is 0 Å². The first-order chi connectivity index (χ1) is 13.2. The van der Waals surface area contributed by atoms with Gasteiger partial charge in [-0.1, -0.05) is 53.6 Å². The predicted molar refractivity (Wildman–Crippen MR) is 108 cm³/mol. The first-order valence-electron chi connectivity index (χ1n) is 8.19. The minimum atomic E-state index is -1.02. The summed E-state index contributed by atoms with van der Waals surface area (Å²) in [6.07, 6.45) is 0.614. The molecule has 1 heterocycles. The van der Waals surface area contributed by atoms with Gasteiger partial charge in [-0.15, -0.1) is 0 Å². The number of aliphatic hydroxyl groups excluding tert-OH is 1. The molecule has 3 aromatic rings. The normalized spacial score (nSPS) is 10.3. The quantitative estimate of drug-likeness (QED) is 0.653. The zero-order valence-electron chi connectivity index (χ0n) is 14.3. The smallest absolute Gasteiger partial charge is 0.143 e. The van der Waals surface area contributed by atoms with Gasteiger partial charge in [0.15, 0.2) is 0 Å². The van der Waals surface area contributed by atoms with E-state index in [0.29, 0.717) is 16.3 Å². The van der Waals surface area contributed by atoms with Crippen molar-refractivity contribution in [1.29, 1.82) is 0 Å². The van der Waals surface area contributed by atoms with Crippen molar-refractivity contribution in [2.75, 3.05) is 0 Å². The van der Waals surface area contributed by atoms with Gasteiger partial charge in [0, 0.05) is 27.9 Å². The Morgan fingerprint density at radius 1 is 0.778 bits per heavy atom. The number of rotatable bonds is 1. The Morgan fingerprint density at radius 3 is 2.30 bits per heavy atom. The first-order valence-corrected chi connectivity index (χ1v) is 8.57. The molecule has 0 aliphatic rings. The van der Waals surface area contributed by atoms with E-state index in [4.69, 9.17) is 11.6 Å². The van der Waals surface area contributed by atoms with Crippen LogP contribution in [0.3, 0.4) is 0 Å². The highest BCUT2D eigenvalue weighted by Crippen LogP contribution is 2.15. The lowest BCUT2D eigenvalue weighted by atomic mass is 10.1. The Bertz CT molecular complexity index is 1100. The molecule has 2 nitrogen and oxygen atoms in total. The van der Waals surface area contributed by atoms with Crippen LogP contribution in [0.25, 0.3) is 0 Å². The molecule has 0 radical (unpaired) electrons. The fourth-order valence-corrected chi connectivity index (χ4v) is 2.34. The molecule has 1 aromatic heterocycles. The Morgan fingerprint density at radius 2 is 1.52 bits per heavy atom. The highest BCUT2D eigenvalue weighted by Gasteiger charge is 2.08. The summed E-state index contributed by atoms with van der Waals surface area (Å²) >= 11 is 5.88. The van der Waals surface area contributed by atoms with Crippen LogP contribution in [0.5, 0.6) is 0 Å². The SMILES string of the molecule is OC(C#CC#Cc1ccccc1)c1cccnc1C#Cc1ccc(Cl)cc1. The summed E-state index contributed by atoms with van der Waals surface area (Å²) in [4.78, 5) is 4.24. The van der Waals surface area contributed by atoms with Gasteiger partial charge in [-0.25, -0.2) is 4.98 Å². The van der Waals surface area contributed by atoms with Gasteiger partial charge in [0.2, 0.25) is 0 Å². The molecular weight excluding hydrogens is 354 g/mol. The molecule has 0 amide bonds. The third kappa shape index (κ3) is 5.50. The number of halogens is 1. The third-order valence-electron chi connectivity index (χ3n) is 3.55. The predicted octanol–water partition coefficient (Wildman–Crippen LogP) is 4.22. The van der Waals surface area contributed by atoms with Gasteiger partial charge < -0.3 is 5.11 Å². The zero-order valence-corrected chi connectivity index (χ0v) is 15.0. The minimum absolute atomic E-state index is 0.477. The van der Waals surface area contributed by atoms with Crippen molar-refractivity contribution in [1.82, 2.24) is 4.98 Å². The molecule has 1 unspecified atom stereocenters. The second kappa shape index (κ2) is 9.28. The molecule has 3 heteroatoms. The molecule has 0 aliphatic heterocycles. The second-order valence-corrected chi connectivity index (χ2v) is 5.92. The largest absolute Gasteiger partial charge is 0.376 e. The molecule has 1 atom stereocenters. The van der Waals surface area contributed by atoms with Crippen molar-refractivity contribution >= 4 is 11.6 Å². The number of pyridine rings is 1.